The first-order valence-electron chi connectivity index (χ1n) is 10.3. The third kappa shape index (κ3) is 4.92. The zero-order valence-electron chi connectivity index (χ0n) is 18.4. The number of hydrogen-bond acceptors (Lipinski definition) is 7. The van der Waals surface area contributed by atoms with Gasteiger partial charge in [-0.2, -0.15) is 5.10 Å². The van der Waals surface area contributed by atoms with Gasteiger partial charge in [0.1, 0.15) is 0 Å². The van der Waals surface area contributed by atoms with Crippen molar-refractivity contribution in [1.82, 2.24) is 19.5 Å². The fraction of sp³-hybridized carbons (Fsp3) is 0.550. The fourth-order valence-corrected chi connectivity index (χ4v) is 4.32. The number of amides is 2. The average molecular weight is 452 g/mol. The van der Waals surface area contributed by atoms with Gasteiger partial charge in [0.2, 0.25) is 11.8 Å². The molecule has 2 aromatic rings. The zero-order valence-corrected chi connectivity index (χ0v) is 19.2. The third-order valence-corrected chi connectivity index (χ3v) is 6.10. The second kappa shape index (κ2) is 9.13. The summed E-state index contributed by atoms with van der Waals surface area (Å²) in [5.41, 5.74) is 1.91. The van der Waals surface area contributed by atoms with Crippen molar-refractivity contribution in [3.8, 4) is 11.8 Å². The summed E-state index contributed by atoms with van der Waals surface area (Å²) in [6.07, 6.45) is 1.93. The molecule has 1 aliphatic rings. The maximum atomic E-state index is 12.8. The Morgan fingerprint density at radius 3 is 2.68 bits per heavy atom. The summed E-state index contributed by atoms with van der Waals surface area (Å²) < 4.78 is 40.2. The molecule has 11 heteroatoms. The van der Waals surface area contributed by atoms with E-state index in [9.17, 15) is 13.2 Å². The molecule has 0 aromatic carbocycles. The first-order chi connectivity index (χ1) is 14.6. The van der Waals surface area contributed by atoms with Gasteiger partial charge >= 0.3 is 6.03 Å². The van der Waals surface area contributed by atoms with Gasteiger partial charge in [-0.15, -0.1) is 0 Å². The lowest BCUT2D eigenvalue weighted by atomic mass is 9.97. The highest BCUT2D eigenvalue weighted by Gasteiger charge is 2.29. The summed E-state index contributed by atoms with van der Waals surface area (Å²) in [6.45, 7) is 11.1. The van der Waals surface area contributed by atoms with Gasteiger partial charge in [-0.1, -0.05) is 27.7 Å². The molecule has 3 rings (SSSR count). The number of rotatable bonds is 7. The van der Waals surface area contributed by atoms with Gasteiger partial charge in [-0.3, -0.25) is 0 Å². The van der Waals surface area contributed by atoms with Gasteiger partial charge in [-0.25, -0.2) is 27.6 Å². The molecule has 0 radical (unpaired) electrons. The van der Waals surface area contributed by atoms with Crippen LogP contribution in [0.5, 0.6) is 11.8 Å². The van der Waals surface area contributed by atoms with Crippen LogP contribution in [0.2, 0.25) is 0 Å². The molecular formula is C20H29N5O5S. The molecule has 0 saturated carbocycles. The number of nitrogens with zero attached hydrogens (tertiary/aromatic N) is 3. The normalized spacial score (nSPS) is 13.6. The van der Waals surface area contributed by atoms with E-state index >= 15 is 0 Å². The molecule has 0 bridgehead atoms. The van der Waals surface area contributed by atoms with Crippen molar-refractivity contribution in [2.24, 2.45) is 0 Å². The number of fused-ring (bicyclic) bond motifs is 1. The molecule has 0 unspecified atom stereocenters. The number of hydrogen-bond donors (Lipinski definition) is 2. The van der Waals surface area contributed by atoms with E-state index in [0.29, 0.717) is 37.0 Å². The van der Waals surface area contributed by atoms with Crippen LogP contribution in [0.15, 0.2) is 17.2 Å². The van der Waals surface area contributed by atoms with Crippen molar-refractivity contribution < 1.29 is 22.7 Å². The molecule has 31 heavy (non-hydrogen) atoms. The van der Waals surface area contributed by atoms with Crippen LogP contribution in [0, 0.1) is 0 Å². The highest BCUT2D eigenvalue weighted by molar-refractivity contribution is 7.90. The molecule has 0 spiro atoms. The molecule has 2 N–H and O–H groups in total. The minimum atomic E-state index is -4.18. The lowest BCUT2D eigenvalue weighted by Crippen LogP contribution is -2.35. The van der Waals surface area contributed by atoms with E-state index in [0.717, 1.165) is 12.0 Å². The first kappa shape index (κ1) is 22.9. The number of carbonyl (C=O) groups is 1. The number of anilines is 1. The van der Waals surface area contributed by atoms with Crippen LogP contribution in [-0.4, -0.2) is 42.4 Å². The number of aryl methyl sites for hydroxylation is 1. The van der Waals surface area contributed by atoms with Crippen LogP contribution in [0.25, 0.3) is 0 Å². The van der Waals surface area contributed by atoms with Crippen molar-refractivity contribution in [1.29, 1.82) is 0 Å². The maximum Gasteiger partial charge on any atom is 0.333 e. The van der Waals surface area contributed by atoms with Gasteiger partial charge in [0, 0.05) is 19.0 Å². The molecule has 0 aliphatic carbocycles. The Hall–Kier alpha value is -2.82. The maximum absolute atomic E-state index is 12.8. The standard InChI is InChI=1S/C20H29N5O5S/c1-6-29-16-10-14(12(2)3)18(17(22-16)13(4)5)23-20(26)24-31(27,28)15-11-21-25-8-7-9-30-19(15)25/h10-13H,6-9H2,1-5H3,(H2,23,24,26). The SMILES string of the molecule is CCOc1cc(C(C)C)c(NC(=O)NS(=O)(=O)c2cnn3c2OCCC3)c(C(C)C)n1. The van der Waals surface area contributed by atoms with Crippen LogP contribution in [0.3, 0.4) is 0 Å². The Balaban J connectivity index is 1.90. The van der Waals surface area contributed by atoms with Crippen molar-refractivity contribution in [3.63, 3.8) is 0 Å². The molecule has 0 atom stereocenters. The number of nitrogens with one attached hydrogen (secondary N) is 2. The average Bonchev–Trinajstić information content (AvgIpc) is 3.13. The third-order valence-electron chi connectivity index (χ3n) is 4.78. The zero-order chi connectivity index (χ0) is 22.8. The Morgan fingerprint density at radius 2 is 2.03 bits per heavy atom. The number of ether oxygens (including phenoxy) is 2. The smallest absolute Gasteiger partial charge is 0.333 e. The molecule has 1 aliphatic heterocycles. The van der Waals surface area contributed by atoms with Crippen LogP contribution in [0.1, 0.15) is 64.1 Å². The highest BCUT2D eigenvalue weighted by atomic mass is 32.2. The first-order valence-corrected chi connectivity index (χ1v) is 11.8. The lowest BCUT2D eigenvalue weighted by molar-refractivity contribution is 0.224. The fourth-order valence-electron chi connectivity index (χ4n) is 3.34. The minimum Gasteiger partial charge on any atom is -0.478 e. The summed E-state index contributed by atoms with van der Waals surface area (Å²) in [5.74, 6) is 0.626. The second-order valence-electron chi connectivity index (χ2n) is 7.85. The Labute approximate surface area is 182 Å². The number of carbonyl (C=O) groups excluding carboxylic acids is 1. The van der Waals surface area contributed by atoms with E-state index < -0.39 is 16.1 Å². The predicted octanol–water partition coefficient (Wildman–Crippen LogP) is 3.22. The molecule has 0 fully saturated rings. The van der Waals surface area contributed by atoms with E-state index in [1.807, 2.05) is 34.6 Å². The van der Waals surface area contributed by atoms with Gasteiger partial charge in [0.15, 0.2) is 4.90 Å². The quantitative estimate of drug-likeness (QED) is 0.662. The molecule has 170 valence electrons. The van der Waals surface area contributed by atoms with Crippen molar-refractivity contribution in [2.45, 2.75) is 64.3 Å². The monoisotopic (exact) mass is 451 g/mol. The summed E-state index contributed by atoms with van der Waals surface area (Å²) in [6, 6.07) is 0.886. The highest BCUT2D eigenvalue weighted by Crippen LogP contribution is 2.34. The van der Waals surface area contributed by atoms with E-state index in [-0.39, 0.29) is 22.6 Å². The van der Waals surface area contributed by atoms with Gasteiger partial charge in [0.25, 0.3) is 10.0 Å². The van der Waals surface area contributed by atoms with Crippen LogP contribution in [-0.2, 0) is 16.6 Å². The predicted molar refractivity (Wildman–Crippen MR) is 115 cm³/mol. The van der Waals surface area contributed by atoms with Gasteiger partial charge in [-0.05, 0) is 24.3 Å². The van der Waals surface area contributed by atoms with E-state index in [2.05, 4.69) is 20.1 Å². The summed E-state index contributed by atoms with van der Waals surface area (Å²) >= 11 is 0. The second-order valence-corrected chi connectivity index (χ2v) is 9.50. The molecule has 3 heterocycles. The largest absolute Gasteiger partial charge is 0.478 e. The van der Waals surface area contributed by atoms with Crippen LogP contribution in [0.4, 0.5) is 10.5 Å². The summed E-state index contributed by atoms with van der Waals surface area (Å²) in [7, 11) is -4.18. The molecular weight excluding hydrogens is 422 g/mol. The summed E-state index contributed by atoms with van der Waals surface area (Å²) in [4.78, 5) is 17.1. The summed E-state index contributed by atoms with van der Waals surface area (Å²) in [5, 5.41) is 6.73. The van der Waals surface area contributed by atoms with E-state index in [1.54, 1.807) is 6.07 Å². The van der Waals surface area contributed by atoms with Gasteiger partial charge < -0.3 is 14.8 Å². The van der Waals surface area contributed by atoms with E-state index in [1.165, 1.54) is 10.9 Å². The topological polar surface area (TPSA) is 124 Å². The molecule has 0 saturated heterocycles. The number of pyridine rings is 1. The van der Waals surface area contributed by atoms with Crippen LogP contribution < -0.4 is 19.5 Å². The van der Waals surface area contributed by atoms with Crippen molar-refractivity contribution >= 4 is 21.7 Å². The molecule has 2 aromatic heterocycles. The molecule has 2 amide bonds. The van der Waals surface area contributed by atoms with Gasteiger partial charge in [0.05, 0.1) is 30.8 Å². The minimum absolute atomic E-state index is 0.0269. The van der Waals surface area contributed by atoms with Crippen molar-refractivity contribution in [3.05, 3.63) is 23.5 Å². The van der Waals surface area contributed by atoms with E-state index in [4.69, 9.17) is 9.47 Å². The van der Waals surface area contributed by atoms with Crippen molar-refractivity contribution in [2.75, 3.05) is 18.5 Å². The Morgan fingerprint density at radius 1 is 1.29 bits per heavy atom. The Bertz CT molecular complexity index is 1030. The number of sulfonamides is 1. The van der Waals surface area contributed by atoms with Crippen LogP contribution >= 0.6 is 0 Å². The lowest BCUT2D eigenvalue weighted by Gasteiger charge is -2.21. The molecule has 10 nitrogen and oxygen atoms in total. The number of aromatic nitrogens is 3. The Kier molecular flexibility index (Phi) is 6.73. The number of urea groups is 1.